The second kappa shape index (κ2) is 5.42. The molecule has 1 aromatic carbocycles. The molecule has 19 heavy (non-hydrogen) atoms. The predicted molar refractivity (Wildman–Crippen MR) is 77.8 cm³/mol. The van der Waals surface area contributed by atoms with E-state index in [-0.39, 0.29) is 10.3 Å². The van der Waals surface area contributed by atoms with Gasteiger partial charge in [-0.3, -0.25) is 0 Å². The predicted octanol–water partition coefficient (Wildman–Crippen LogP) is 2.93. The Labute approximate surface area is 122 Å². The maximum Gasteiger partial charge on any atom is 0.244 e. The lowest BCUT2D eigenvalue weighted by molar-refractivity contribution is 0.401. The van der Waals surface area contributed by atoms with Crippen LogP contribution >= 0.6 is 15.9 Å². The van der Waals surface area contributed by atoms with Crippen LogP contribution in [-0.2, 0) is 10.0 Å². The molecular weight excluding hydrogens is 330 g/mol. The molecule has 0 radical (unpaired) electrons. The highest BCUT2D eigenvalue weighted by molar-refractivity contribution is 9.10. The number of sulfonamides is 1. The molecule has 0 amide bonds. The summed E-state index contributed by atoms with van der Waals surface area (Å²) in [5.74, 6) is 0.358. The molecule has 1 saturated carbocycles. The van der Waals surface area contributed by atoms with E-state index >= 15 is 0 Å². The summed E-state index contributed by atoms with van der Waals surface area (Å²) in [5, 5.41) is 0. The van der Waals surface area contributed by atoms with Crippen LogP contribution in [0.3, 0.4) is 0 Å². The fraction of sp³-hybridized carbons (Fsp3) is 0.538. The van der Waals surface area contributed by atoms with Crippen LogP contribution in [0.25, 0.3) is 0 Å². The summed E-state index contributed by atoms with van der Waals surface area (Å²) in [7, 11) is -2.06. The highest BCUT2D eigenvalue weighted by atomic mass is 79.9. The molecule has 1 N–H and O–H groups in total. The monoisotopic (exact) mass is 347 g/mol. The molecule has 1 aliphatic rings. The van der Waals surface area contributed by atoms with Gasteiger partial charge in [0.25, 0.3) is 0 Å². The van der Waals surface area contributed by atoms with Crippen molar-refractivity contribution in [3.8, 4) is 5.75 Å². The molecule has 4 nitrogen and oxygen atoms in total. The average Bonchev–Trinajstić information content (AvgIpc) is 3.17. The summed E-state index contributed by atoms with van der Waals surface area (Å²) in [6.45, 7) is 2.60. The first-order valence-corrected chi connectivity index (χ1v) is 8.53. The Bertz CT molecular complexity index is 567. The molecule has 0 spiro atoms. The normalized spacial score (nSPS) is 17.2. The summed E-state index contributed by atoms with van der Waals surface area (Å²) in [5.41, 5.74) is 0.173. The quantitative estimate of drug-likeness (QED) is 0.860. The van der Waals surface area contributed by atoms with Crippen LogP contribution < -0.4 is 9.46 Å². The minimum atomic E-state index is -3.53. The summed E-state index contributed by atoms with van der Waals surface area (Å²) in [6.07, 6.45) is 3.20. The van der Waals surface area contributed by atoms with Crippen LogP contribution in [-0.4, -0.2) is 22.1 Å². The zero-order chi connectivity index (χ0) is 14.1. The molecule has 0 atom stereocenters. The van der Waals surface area contributed by atoms with E-state index in [1.54, 1.807) is 18.2 Å². The van der Waals surface area contributed by atoms with E-state index in [0.717, 1.165) is 19.3 Å². The van der Waals surface area contributed by atoms with Gasteiger partial charge in [-0.05, 0) is 42.9 Å². The van der Waals surface area contributed by atoms with Gasteiger partial charge in [0.1, 0.15) is 10.6 Å². The third kappa shape index (κ3) is 3.30. The van der Waals surface area contributed by atoms with Gasteiger partial charge in [0.05, 0.1) is 7.11 Å². The standard InChI is InChI=1S/C13H18BrNO3S/c1-3-13(6-7-13)9-15-19(16,17)12-8-10(14)4-5-11(12)18-2/h4-5,8,15H,3,6-7,9H2,1-2H3. The first-order valence-electron chi connectivity index (χ1n) is 6.26. The average molecular weight is 348 g/mol. The SMILES string of the molecule is CCC1(CNS(=O)(=O)c2cc(Br)ccc2OC)CC1. The molecule has 106 valence electrons. The summed E-state index contributed by atoms with van der Waals surface area (Å²) >= 11 is 3.29. The zero-order valence-corrected chi connectivity index (χ0v) is 13.5. The molecule has 0 aromatic heterocycles. The molecule has 0 unspecified atom stereocenters. The van der Waals surface area contributed by atoms with Crippen molar-refractivity contribution in [1.29, 1.82) is 0 Å². The highest BCUT2D eigenvalue weighted by Crippen LogP contribution is 2.48. The molecule has 0 saturated heterocycles. The number of rotatable bonds is 6. The Morgan fingerprint density at radius 3 is 2.63 bits per heavy atom. The molecule has 6 heteroatoms. The lowest BCUT2D eigenvalue weighted by Crippen LogP contribution is -2.30. The van der Waals surface area contributed by atoms with Crippen LogP contribution in [0.2, 0.25) is 0 Å². The van der Waals surface area contributed by atoms with Crippen LogP contribution in [0, 0.1) is 5.41 Å². The summed E-state index contributed by atoms with van der Waals surface area (Å²) in [6, 6.07) is 4.96. The number of hydrogen-bond acceptors (Lipinski definition) is 3. The van der Waals surface area contributed by atoms with Gasteiger partial charge < -0.3 is 4.74 Å². The number of methoxy groups -OCH3 is 1. The Kier molecular flexibility index (Phi) is 4.23. The minimum absolute atomic E-state index is 0.173. The maximum atomic E-state index is 12.3. The van der Waals surface area contributed by atoms with E-state index in [0.29, 0.717) is 16.8 Å². The maximum absolute atomic E-state index is 12.3. The fourth-order valence-corrected chi connectivity index (χ4v) is 3.88. The number of ether oxygens (including phenoxy) is 1. The lowest BCUT2D eigenvalue weighted by Gasteiger charge is -2.15. The molecular formula is C13H18BrNO3S. The van der Waals surface area contributed by atoms with Crippen molar-refractivity contribution < 1.29 is 13.2 Å². The summed E-state index contributed by atoms with van der Waals surface area (Å²) in [4.78, 5) is 0.177. The van der Waals surface area contributed by atoms with Crippen LogP contribution in [0.15, 0.2) is 27.6 Å². The van der Waals surface area contributed by atoms with Crippen LogP contribution in [0.5, 0.6) is 5.75 Å². The Hall–Kier alpha value is -0.590. The Balaban J connectivity index is 2.21. The second-order valence-corrected chi connectivity index (χ2v) is 7.62. The van der Waals surface area contributed by atoms with Gasteiger partial charge in [-0.2, -0.15) is 0 Å². The molecule has 0 bridgehead atoms. The first-order chi connectivity index (χ1) is 8.92. The van der Waals surface area contributed by atoms with Gasteiger partial charge in [0.15, 0.2) is 0 Å². The van der Waals surface area contributed by atoms with E-state index in [1.165, 1.54) is 7.11 Å². The Morgan fingerprint density at radius 2 is 2.11 bits per heavy atom. The first kappa shape index (κ1) is 14.8. The minimum Gasteiger partial charge on any atom is -0.495 e. The van der Waals surface area contributed by atoms with Gasteiger partial charge in [-0.25, -0.2) is 13.1 Å². The Morgan fingerprint density at radius 1 is 1.42 bits per heavy atom. The third-order valence-electron chi connectivity index (χ3n) is 3.76. The van der Waals surface area contributed by atoms with Gasteiger partial charge >= 0.3 is 0 Å². The molecule has 1 aliphatic carbocycles. The smallest absolute Gasteiger partial charge is 0.244 e. The molecule has 2 rings (SSSR count). The van der Waals surface area contributed by atoms with Crippen molar-refractivity contribution in [2.45, 2.75) is 31.1 Å². The van der Waals surface area contributed by atoms with E-state index in [2.05, 4.69) is 27.6 Å². The van der Waals surface area contributed by atoms with Crippen molar-refractivity contribution in [3.05, 3.63) is 22.7 Å². The van der Waals surface area contributed by atoms with E-state index in [4.69, 9.17) is 4.74 Å². The fourth-order valence-electron chi connectivity index (χ4n) is 2.02. The van der Waals surface area contributed by atoms with E-state index in [9.17, 15) is 8.42 Å². The van der Waals surface area contributed by atoms with Gasteiger partial charge in [-0.15, -0.1) is 0 Å². The number of nitrogens with one attached hydrogen (secondary N) is 1. The number of hydrogen-bond donors (Lipinski definition) is 1. The van der Waals surface area contributed by atoms with Gasteiger partial charge in [0.2, 0.25) is 10.0 Å². The summed E-state index contributed by atoms with van der Waals surface area (Å²) < 4.78 is 33.2. The van der Waals surface area contributed by atoms with Crippen LogP contribution in [0.1, 0.15) is 26.2 Å². The van der Waals surface area contributed by atoms with Crippen LogP contribution in [0.4, 0.5) is 0 Å². The lowest BCUT2D eigenvalue weighted by atomic mass is 10.1. The van der Waals surface area contributed by atoms with Crippen molar-refractivity contribution in [1.82, 2.24) is 4.72 Å². The highest BCUT2D eigenvalue weighted by Gasteiger charge is 2.41. The second-order valence-electron chi connectivity index (χ2n) is 4.97. The van der Waals surface area contributed by atoms with Crippen molar-refractivity contribution in [2.75, 3.05) is 13.7 Å². The van der Waals surface area contributed by atoms with Gasteiger partial charge in [-0.1, -0.05) is 22.9 Å². The number of halogens is 1. The number of benzene rings is 1. The third-order valence-corrected chi connectivity index (χ3v) is 5.68. The molecule has 1 aromatic rings. The molecule has 0 aliphatic heterocycles. The van der Waals surface area contributed by atoms with E-state index < -0.39 is 10.0 Å². The largest absolute Gasteiger partial charge is 0.495 e. The van der Waals surface area contributed by atoms with Crippen molar-refractivity contribution in [3.63, 3.8) is 0 Å². The topological polar surface area (TPSA) is 55.4 Å². The van der Waals surface area contributed by atoms with E-state index in [1.807, 2.05) is 0 Å². The van der Waals surface area contributed by atoms with Crippen molar-refractivity contribution >= 4 is 26.0 Å². The molecule has 0 heterocycles. The van der Waals surface area contributed by atoms with Gasteiger partial charge in [0, 0.05) is 11.0 Å². The molecule has 1 fully saturated rings. The van der Waals surface area contributed by atoms with Crippen molar-refractivity contribution in [2.24, 2.45) is 5.41 Å². The zero-order valence-electron chi connectivity index (χ0n) is 11.1.